The van der Waals surface area contributed by atoms with Crippen LogP contribution in [0, 0.1) is 5.92 Å². The van der Waals surface area contributed by atoms with Gasteiger partial charge < -0.3 is 9.47 Å². The summed E-state index contributed by atoms with van der Waals surface area (Å²) in [6.45, 7) is 0.863. The normalized spacial score (nSPS) is 15.5. The number of rotatable bonds is 5. The van der Waals surface area contributed by atoms with E-state index in [-0.39, 0.29) is 0 Å². The van der Waals surface area contributed by atoms with E-state index in [0.29, 0.717) is 0 Å². The first-order valence-electron chi connectivity index (χ1n) is 8.22. The summed E-state index contributed by atoms with van der Waals surface area (Å²) < 4.78 is 11.1. The van der Waals surface area contributed by atoms with Crippen molar-refractivity contribution in [2.24, 2.45) is 5.92 Å². The van der Waals surface area contributed by atoms with Crippen LogP contribution in [0.15, 0.2) is 48.5 Å². The lowest BCUT2D eigenvalue weighted by molar-refractivity contribution is 0.209. The minimum absolute atomic E-state index is 0.745. The Balaban J connectivity index is 1.59. The second-order valence-corrected chi connectivity index (χ2v) is 6.07. The molecule has 2 nitrogen and oxygen atoms in total. The van der Waals surface area contributed by atoms with Gasteiger partial charge in [0, 0.05) is 0 Å². The lowest BCUT2D eigenvalue weighted by Gasteiger charge is -2.21. The van der Waals surface area contributed by atoms with Gasteiger partial charge in [0.15, 0.2) is 0 Å². The molecule has 0 heterocycles. The van der Waals surface area contributed by atoms with Gasteiger partial charge in [-0.25, -0.2) is 0 Å². The monoisotopic (exact) mass is 296 g/mol. The van der Waals surface area contributed by atoms with E-state index in [1.165, 1.54) is 43.2 Å². The van der Waals surface area contributed by atoms with Crippen molar-refractivity contribution in [3.8, 4) is 22.6 Å². The van der Waals surface area contributed by atoms with Crippen LogP contribution in [0.4, 0.5) is 0 Å². The Kier molecular flexibility index (Phi) is 4.99. The maximum absolute atomic E-state index is 5.95. The molecule has 22 heavy (non-hydrogen) atoms. The maximum Gasteiger partial charge on any atom is 0.119 e. The molecular weight excluding hydrogens is 272 g/mol. The molecule has 1 fully saturated rings. The second kappa shape index (κ2) is 7.35. The van der Waals surface area contributed by atoms with E-state index in [9.17, 15) is 0 Å². The highest BCUT2D eigenvalue weighted by Gasteiger charge is 2.13. The quantitative estimate of drug-likeness (QED) is 0.743. The van der Waals surface area contributed by atoms with E-state index in [2.05, 4.69) is 36.4 Å². The van der Waals surface area contributed by atoms with Crippen molar-refractivity contribution in [3.05, 3.63) is 48.5 Å². The van der Waals surface area contributed by atoms with Crippen molar-refractivity contribution in [1.82, 2.24) is 0 Å². The van der Waals surface area contributed by atoms with E-state index in [4.69, 9.17) is 9.47 Å². The molecule has 116 valence electrons. The molecule has 1 aliphatic carbocycles. The molecule has 2 aromatic rings. The molecule has 2 aromatic carbocycles. The molecule has 0 saturated heterocycles. The fourth-order valence-electron chi connectivity index (χ4n) is 3.09. The molecule has 0 aliphatic heterocycles. The van der Waals surface area contributed by atoms with Gasteiger partial charge in [0.1, 0.15) is 11.5 Å². The van der Waals surface area contributed by atoms with Crippen LogP contribution in [0.25, 0.3) is 11.1 Å². The average Bonchev–Trinajstić information content (AvgIpc) is 2.61. The van der Waals surface area contributed by atoms with Gasteiger partial charge >= 0.3 is 0 Å². The molecule has 0 bridgehead atoms. The standard InChI is InChI=1S/C20H24O2/c1-21-19-11-7-17(8-12-19)18-9-13-20(14-10-18)22-15-16-5-3-2-4-6-16/h7-14,16H,2-6,15H2,1H3. The molecule has 0 amide bonds. The zero-order valence-corrected chi connectivity index (χ0v) is 13.3. The predicted molar refractivity (Wildman–Crippen MR) is 90.5 cm³/mol. The van der Waals surface area contributed by atoms with Crippen LogP contribution in [-0.2, 0) is 0 Å². The molecule has 1 aliphatic rings. The number of hydrogen-bond donors (Lipinski definition) is 0. The Labute approximate surface area is 133 Å². The van der Waals surface area contributed by atoms with Crippen LogP contribution in [0.1, 0.15) is 32.1 Å². The SMILES string of the molecule is COc1ccc(-c2ccc(OCC3CCCCC3)cc2)cc1. The molecule has 1 saturated carbocycles. The van der Waals surface area contributed by atoms with Crippen molar-refractivity contribution in [2.75, 3.05) is 13.7 Å². The van der Waals surface area contributed by atoms with Gasteiger partial charge in [0.25, 0.3) is 0 Å². The van der Waals surface area contributed by atoms with E-state index >= 15 is 0 Å². The summed E-state index contributed by atoms with van der Waals surface area (Å²) in [6.07, 6.45) is 6.77. The average molecular weight is 296 g/mol. The first-order chi connectivity index (χ1) is 10.8. The summed E-state index contributed by atoms with van der Waals surface area (Å²) in [5.74, 6) is 2.61. The van der Waals surface area contributed by atoms with Crippen molar-refractivity contribution in [1.29, 1.82) is 0 Å². The van der Waals surface area contributed by atoms with Crippen LogP contribution in [0.3, 0.4) is 0 Å². The molecule has 0 radical (unpaired) electrons. The smallest absolute Gasteiger partial charge is 0.119 e. The lowest BCUT2D eigenvalue weighted by atomic mass is 9.90. The minimum Gasteiger partial charge on any atom is -0.497 e. The largest absolute Gasteiger partial charge is 0.497 e. The predicted octanol–water partition coefficient (Wildman–Crippen LogP) is 5.32. The van der Waals surface area contributed by atoms with Crippen molar-refractivity contribution in [2.45, 2.75) is 32.1 Å². The summed E-state index contributed by atoms with van der Waals surface area (Å²) in [5.41, 5.74) is 2.40. The van der Waals surface area contributed by atoms with Gasteiger partial charge in [-0.2, -0.15) is 0 Å². The Morgan fingerprint density at radius 2 is 1.32 bits per heavy atom. The fourth-order valence-corrected chi connectivity index (χ4v) is 3.09. The highest BCUT2D eigenvalue weighted by molar-refractivity contribution is 5.64. The summed E-state index contributed by atoms with van der Waals surface area (Å²) >= 11 is 0. The number of benzene rings is 2. The maximum atomic E-state index is 5.95. The van der Waals surface area contributed by atoms with E-state index in [0.717, 1.165) is 24.0 Å². The number of hydrogen-bond acceptors (Lipinski definition) is 2. The molecule has 2 heteroatoms. The fraction of sp³-hybridized carbons (Fsp3) is 0.400. The Hall–Kier alpha value is -1.96. The zero-order valence-electron chi connectivity index (χ0n) is 13.3. The molecule has 0 spiro atoms. The van der Waals surface area contributed by atoms with Gasteiger partial charge in [-0.15, -0.1) is 0 Å². The first-order valence-corrected chi connectivity index (χ1v) is 8.22. The van der Waals surface area contributed by atoms with E-state index in [1.807, 2.05) is 12.1 Å². The van der Waals surface area contributed by atoms with Crippen molar-refractivity contribution < 1.29 is 9.47 Å². The third-order valence-corrected chi connectivity index (χ3v) is 4.49. The van der Waals surface area contributed by atoms with Crippen LogP contribution in [0.5, 0.6) is 11.5 Å². The van der Waals surface area contributed by atoms with Gasteiger partial charge in [-0.1, -0.05) is 43.5 Å². The van der Waals surface area contributed by atoms with Crippen LogP contribution < -0.4 is 9.47 Å². The van der Waals surface area contributed by atoms with Crippen LogP contribution in [-0.4, -0.2) is 13.7 Å². The molecular formula is C20H24O2. The topological polar surface area (TPSA) is 18.5 Å². The third-order valence-electron chi connectivity index (χ3n) is 4.49. The highest BCUT2D eigenvalue weighted by atomic mass is 16.5. The molecule has 0 atom stereocenters. The Morgan fingerprint density at radius 3 is 1.86 bits per heavy atom. The van der Waals surface area contributed by atoms with Crippen molar-refractivity contribution >= 4 is 0 Å². The van der Waals surface area contributed by atoms with Gasteiger partial charge in [0.05, 0.1) is 13.7 Å². The molecule has 0 aromatic heterocycles. The van der Waals surface area contributed by atoms with Crippen molar-refractivity contribution in [3.63, 3.8) is 0 Å². The van der Waals surface area contributed by atoms with Gasteiger partial charge in [-0.3, -0.25) is 0 Å². The molecule has 3 rings (SSSR count). The number of methoxy groups -OCH3 is 1. The molecule has 0 unspecified atom stereocenters. The van der Waals surface area contributed by atoms with E-state index in [1.54, 1.807) is 7.11 Å². The highest BCUT2D eigenvalue weighted by Crippen LogP contribution is 2.27. The summed E-state index contributed by atoms with van der Waals surface area (Å²) in [4.78, 5) is 0. The van der Waals surface area contributed by atoms with E-state index < -0.39 is 0 Å². The van der Waals surface area contributed by atoms with Crippen LogP contribution in [0.2, 0.25) is 0 Å². The third kappa shape index (κ3) is 3.82. The Bertz CT molecular complexity index is 566. The minimum atomic E-state index is 0.745. The van der Waals surface area contributed by atoms with Gasteiger partial charge in [-0.05, 0) is 54.2 Å². The Morgan fingerprint density at radius 1 is 0.773 bits per heavy atom. The molecule has 0 N–H and O–H groups in total. The second-order valence-electron chi connectivity index (χ2n) is 6.07. The summed E-state index contributed by atoms with van der Waals surface area (Å²) in [7, 11) is 1.69. The number of ether oxygens (including phenoxy) is 2. The summed E-state index contributed by atoms with van der Waals surface area (Å²) in [6, 6.07) is 16.5. The zero-order chi connectivity index (χ0) is 15.2. The first kappa shape index (κ1) is 15.0. The summed E-state index contributed by atoms with van der Waals surface area (Å²) in [5, 5.41) is 0. The lowest BCUT2D eigenvalue weighted by Crippen LogP contribution is -2.15. The van der Waals surface area contributed by atoms with Crippen LogP contribution >= 0.6 is 0 Å². The van der Waals surface area contributed by atoms with Gasteiger partial charge in [0.2, 0.25) is 0 Å².